The molecule has 2 N–H and O–H groups in total. The summed E-state index contributed by atoms with van der Waals surface area (Å²) in [6, 6.07) is 19.7. The predicted octanol–water partition coefficient (Wildman–Crippen LogP) is 5.08. The Morgan fingerprint density at radius 3 is 2.10 bits per heavy atom. The van der Waals surface area contributed by atoms with Gasteiger partial charge < -0.3 is 10.4 Å². The number of carboxylic acid groups (broad SMARTS) is 1. The van der Waals surface area contributed by atoms with Gasteiger partial charge >= 0.3 is 5.97 Å². The van der Waals surface area contributed by atoms with E-state index in [4.69, 9.17) is 0 Å². The smallest absolute Gasteiger partial charge is 0.307 e. The van der Waals surface area contributed by atoms with E-state index in [9.17, 15) is 14.7 Å². The average molecular weight is 404 g/mol. The summed E-state index contributed by atoms with van der Waals surface area (Å²) in [5, 5.41) is 12.8. The Hall–Kier alpha value is -3.25. The van der Waals surface area contributed by atoms with Crippen LogP contribution in [0.5, 0.6) is 0 Å². The Morgan fingerprint density at radius 2 is 1.48 bits per heavy atom. The molecule has 146 valence electrons. The maximum atomic E-state index is 12.8. The normalized spacial score (nSPS) is 18.3. The number of hydrogen-bond acceptors (Lipinski definition) is 4. The summed E-state index contributed by atoms with van der Waals surface area (Å²) in [4.78, 5) is 30.0. The maximum Gasteiger partial charge on any atom is 0.307 e. The van der Waals surface area contributed by atoms with E-state index >= 15 is 0 Å². The van der Waals surface area contributed by atoms with Crippen LogP contribution in [-0.2, 0) is 9.59 Å². The number of allylic oxidation sites excluding steroid dienone is 2. The molecule has 1 aliphatic carbocycles. The first-order chi connectivity index (χ1) is 14.1. The highest BCUT2D eigenvalue weighted by Gasteiger charge is 2.34. The van der Waals surface area contributed by atoms with Gasteiger partial charge in [-0.05, 0) is 18.4 Å². The van der Waals surface area contributed by atoms with Crippen molar-refractivity contribution in [2.75, 3.05) is 5.32 Å². The summed E-state index contributed by atoms with van der Waals surface area (Å²) in [7, 11) is 0. The number of amides is 1. The monoisotopic (exact) mass is 404 g/mol. The Labute approximate surface area is 172 Å². The number of rotatable bonds is 5. The Bertz CT molecular complexity index is 987. The molecule has 1 heterocycles. The first-order valence-electron chi connectivity index (χ1n) is 9.44. The van der Waals surface area contributed by atoms with Crippen molar-refractivity contribution >= 4 is 28.3 Å². The largest absolute Gasteiger partial charge is 0.481 e. The lowest BCUT2D eigenvalue weighted by molar-refractivity contribution is -0.146. The van der Waals surface area contributed by atoms with E-state index in [1.807, 2.05) is 72.8 Å². The summed E-state index contributed by atoms with van der Waals surface area (Å²) in [5.41, 5.74) is 2.79. The van der Waals surface area contributed by atoms with E-state index in [-0.39, 0.29) is 5.91 Å². The standard InChI is InChI=1S/C23H20N2O3S/c26-21(17-13-7-8-14-18(17)22(27)28)25-23-24-19(15-9-3-1-4-10-15)20(29-23)16-11-5-2-6-12-16/h1-12,17-18H,13-14H2,(H,27,28)(H,24,25,26). The van der Waals surface area contributed by atoms with Crippen LogP contribution in [0.1, 0.15) is 12.8 Å². The third-order valence-electron chi connectivity index (χ3n) is 5.03. The third kappa shape index (κ3) is 4.12. The number of anilines is 1. The lowest BCUT2D eigenvalue weighted by atomic mass is 9.82. The van der Waals surface area contributed by atoms with Gasteiger partial charge in [-0.1, -0.05) is 84.2 Å². The van der Waals surface area contributed by atoms with Crippen LogP contribution in [-0.4, -0.2) is 22.0 Å². The van der Waals surface area contributed by atoms with Crippen molar-refractivity contribution in [3.8, 4) is 21.7 Å². The van der Waals surface area contributed by atoms with E-state index in [2.05, 4.69) is 10.3 Å². The number of carboxylic acids is 1. The van der Waals surface area contributed by atoms with Gasteiger partial charge in [0.15, 0.2) is 5.13 Å². The summed E-state index contributed by atoms with van der Waals surface area (Å²) in [6.07, 6.45) is 4.49. The molecule has 0 spiro atoms. The fourth-order valence-corrected chi connectivity index (χ4v) is 4.52. The molecule has 1 amide bonds. The summed E-state index contributed by atoms with van der Waals surface area (Å²) >= 11 is 1.40. The number of hydrogen-bond donors (Lipinski definition) is 2. The molecule has 3 aromatic rings. The van der Waals surface area contributed by atoms with Crippen molar-refractivity contribution in [3.05, 3.63) is 72.8 Å². The highest BCUT2D eigenvalue weighted by molar-refractivity contribution is 7.19. The van der Waals surface area contributed by atoms with Crippen LogP contribution in [0, 0.1) is 11.8 Å². The molecule has 0 radical (unpaired) electrons. The van der Waals surface area contributed by atoms with Gasteiger partial charge in [-0.15, -0.1) is 0 Å². The molecule has 0 saturated heterocycles. The molecule has 4 rings (SSSR count). The number of aliphatic carboxylic acids is 1. The van der Waals surface area contributed by atoms with E-state index in [0.29, 0.717) is 18.0 Å². The van der Waals surface area contributed by atoms with Gasteiger partial charge in [0, 0.05) is 5.56 Å². The summed E-state index contributed by atoms with van der Waals surface area (Å²) < 4.78 is 0. The van der Waals surface area contributed by atoms with Crippen LogP contribution in [0.2, 0.25) is 0 Å². The zero-order valence-electron chi connectivity index (χ0n) is 15.6. The van der Waals surface area contributed by atoms with Crippen molar-refractivity contribution in [2.24, 2.45) is 11.8 Å². The summed E-state index contributed by atoms with van der Waals surface area (Å²) in [5.74, 6) is -2.54. The zero-order chi connectivity index (χ0) is 20.2. The number of aromatic nitrogens is 1. The number of benzene rings is 2. The van der Waals surface area contributed by atoms with Gasteiger partial charge in [-0.3, -0.25) is 9.59 Å². The van der Waals surface area contributed by atoms with E-state index in [1.54, 1.807) is 0 Å². The van der Waals surface area contributed by atoms with Gasteiger partial charge in [-0.2, -0.15) is 0 Å². The SMILES string of the molecule is O=C(O)C1CC=CCC1C(=O)Nc1nc(-c2ccccc2)c(-c2ccccc2)s1. The fourth-order valence-electron chi connectivity index (χ4n) is 3.53. The highest BCUT2D eigenvalue weighted by Crippen LogP contribution is 2.39. The lowest BCUT2D eigenvalue weighted by Gasteiger charge is -2.23. The van der Waals surface area contributed by atoms with Crippen LogP contribution in [0.3, 0.4) is 0 Å². The molecular weight excluding hydrogens is 384 g/mol. The molecule has 0 aliphatic heterocycles. The van der Waals surface area contributed by atoms with Crippen LogP contribution in [0.4, 0.5) is 5.13 Å². The van der Waals surface area contributed by atoms with Crippen LogP contribution >= 0.6 is 11.3 Å². The topological polar surface area (TPSA) is 79.3 Å². The second kappa shape index (κ2) is 8.41. The fraction of sp³-hybridized carbons (Fsp3) is 0.174. The molecule has 5 nitrogen and oxygen atoms in total. The molecule has 2 aromatic carbocycles. The van der Waals surface area contributed by atoms with Crippen molar-refractivity contribution in [2.45, 2.75) is 12.8 Å². The predicted molar refractivity (Wildman–Crippen MR) is 115 cm³/mol. The molecule has 29 heavy (non-hydrogen) atoms. The molecule has 2 unspecified atom stereocenters. The second-order valence-electron chi connectivity index (χ2n) is 6.91. The molecule has 0 bridgehead atoms. The van der Waals surface area contributed by atoms with Crippen molar-refractivity contribution in [1.82, 2.24) is 4.98 Å². The minimum absolute atomic E-state index is 0.297. The van der Waals surface area contributed by atoms with Gasteiger partial charge in [0.2, 0.25) is 5.91 Å². The first-order valence-corrected chi connectivity index (χ1v) is 10.3. The molecule has 0 saturated carbocycles. The highest BCUT2D eigenvalue weighted by atomic mass is 32.1. The quantitative estimate of drug-likeness (QED) is 0.581. The lowest BCUT2D eigenvalue weighted by Crippen LogP contribution is -2.34. The number of nitrogens with one attached hydrogen (secondary N) is 1. The van der Waals surface area contributed by atoms with Gasteiger partial charge in [0.05, 0.1) is 22.4 Å². The van der Waals surface area contributed by atoms with Crippen LogP contribution < -0.4 is 5.32 Å². The molecule has 0 fully saturated rings. The third-order valence-corrected chi connectivity index (χ3v) is 6.05. The zero-order valence-corrected chi connectivity index (χ0v) is 16.4. The Balaban J connectivity index is 1.66. The molecule has 1 aliphatic rings. The van der Waals surface area contributed by atoms with E-state index in [0.717, 1.165) is 21.7 Å². The molecule has 1 aromatic heterocycles. The number of carbonyl (C=O) groups is 2. The molecular formula is C23H20N2O3S. The maximum absolute atomic E-state index is 12.8. The van der Waals surface area contributed by atoms with Gasteiger partial charge in [-0.25, -0.2) is 4.98 Å². The van der Waals surface area contributed by atoms with Crippen LogP contribution in [0.15, 0.2) is 72.8 Å². The number of nitrogens with zero attached hydrogens (tertiary/aromatic N) is 1. The van der Waals surface area contributed by atoms with Crippen molar-refractivity contribution in [1.29, 1.82) is 0 Å². The Kier molecular flexibility index (Phi) is 5.53. The number of thiazole rings is 1. The summed E-state index contributed by atoms with van der Waals surface area (Å²) in [6.45, 7) is 0. The second-order valence-corrected chi connectivity index (χ2v) is 7.91. The molecule has 2 atom stereocenters. The van der Waals surface area contributed by atoms with Gasteiger partial charge in [0.25, 0.3) is 0 Å². The van der Waals surface area contributed by atoms with E-state index in [1.165, 1.54) is 11.3 Å². The minimum atomic E-state index is -0.941. The minimum Gasteiger partial charge on any atom is -0.481 e. The van der Waals surface area contributed by atoms with Crippen molar-refractivity contribution < 1.29 is 14.7 Å². The first kappa shape index (κ1) is 19.1. The number of carbonyl (C=O) groups excluding carboxylic acids is 1. The average Bonchev–Trinajstić information content (AvgIpc) is 3.18. The van der Waals surface area contributed by atoms with Gasteiger partial charge in [0.1, 0.15) is 0 Å². The van der Waals surface area contributed by atoms with Crippen LogP contribution in [0.25, 0.3) is 21.7 Å². The van der Waals surface area contributed by atoms with E-state index < -0.39 is 17.8 Å². The molecule has 6 heteroatoms. The Morgan fingerprint density at radius 1 is 0.897 bits per heavy atom. The van der Waals surface area contributed by atoms with Crippen molar-refractivity contribution in [3.63, 3.8) is 0 Å².